The van der Waals surface area contributed by atoms with Crippen LogP contribution in [0, 0.1) is 0 Å². The van der Waals surface area contributed by atoms with Gasteiger partial charge in [-0.1, -0.05) is 146 Å². The summed E-state index contributed by atoms with van der Waals surface area (Å²) in [5.41, 5.74) is 17.0. The van der Waals surface area contributed by atoms with Crippen LogP contribution >= 0.6 is 0 Å². The second-order valence-corrected chi connectivity index (χ2v) is 15.8. The SMILES string of the molecule is c1ccc(-c2cccc(-c3cccc(-c4cc(-c5ccccc5)nc(-c5cc(-c6ccc7oc8ccccc8c7c6)cc(-c6ccc7oc8ccccc8c7c6)c5)n4)c3)c2)cc1. The first-order valence-corrected chi connectivity index (χ1v) is 20.9. The Kier molecular flexibility index (Phi) is 8.46. The minimum Gasteiger partial charge on any atom is -0.456 e. The Labute approximate surface area is 358 Å². The van der Waals surface area contributed by atoms with E-state index in [1.165, 1.54) is 11.1 Å². The van der Waals surface area contributed by atoms with Crippen molar-refractivity contribution >= 4 is 43.9 Å². The highest BCUT2D eigenvalue weighted by molar-refractivity contribution is 6.07. The average Bonchev–Trinajstić information content (AvgIpc) is 3.92. The first kappa shape index (κ1) is 35.6. The summed E-state index contributed by atoms with van der Waals surface area (Å²) in [5, 5.41) is 4.34. The fourth-order valence-corrected chi connectivity index (χ4v) is 8.75. The number of hydrogen-bond donors (Lipinski definition) is 0. The van der Waals surface area contributed by atoms with E-state index in [2.05, 4.69) is 188 Å². The van der Waals surface area contributed by atoms with Gasteiger partial charge in [0.1, 0.15) is 22.3 Å². The van der Waals surface area contributed by atoms with Crippen LogP contribution in [0.5, 0.6) is 0 Å². The molecule has 12 aromatic rings. The van der Waals surface area contributed by atoms with Gasteiger partial charge in [-0.25, -0.2) is 9.97 Å². The molecule has 4 nitrogen and oxygen atoms in total. The lowest BCUT2D eigenvalue weighted by Crippen LogP contribution is -1.97. The summed E-state index contributed by atoms with van der Waals surface area (Å²) in [4.78, 5) is 10.7. The van der Waals surface area contributed by atoms with Gasteiger partial charge in [-0.05, 0) is 117 Å². The van der Waals surface area contributed by atoms with Crippen LogP contribution in [0.25, 0.3) is 122 Å². The van der Waals surface area contributed by atoms with Crippen molar-refractivity contribution in [3.8, 4) is 78.4 Å². The Morgan fingerprint density at radius 1 is 0.226 bits per heavy atom. The van der Waals surface area contributed by atoms with E-state index in [9.17, 15) is 0 Å². The molecule has 62 heavy (non-hydrogen) atoms. The Bertz CT molecular complexity index is 3510. The smallest absolute Gasteiger partial charge is 0.160 e. The van der Waals surface area contributed by atoms with Crippen LogP contribution in [0.15, 0.2) is 227 Å². The highest BCUT2D eigenvalue weighted by atomic mass is 16.3. The lowest BCUT2D eigenvalue weighted by Gasteiger charge is -2.14. The second kappa shape index (κ2) is 14.7. The molecule has 9 aromatic carbocycles. The van der Waals surface area contributed by atoms with Crippen molar-refractivity contribution in [3.05, 3.63) is 218 Å². The first-order chi connectivity index (χ1) is 30.7. The monoisotopic (exact) mass is 792 g/mol. The molecule has 4 heteroatoms. The van der Waals surface area contributed by atoms with Crippen LogP contribution in [0.4, 0.5) is 0 Å². The lowest BCUT2D eigenvalue weighted by molar-refractivity contribution is 0.668. The topological polar surface area (TPSA) is 52.1 Å². The molecule has 0 spiro atoms. The molecule has 12 rings (SSSR count). The van der Waals surface area contributed by atoms with Crippen LogP contribution in [-0.2, 0) is 0 Å². The maximum atomic E-state index is 6.24. The second-order valence-electron chi connectivity index (χ2n) is 15.8. The molecule has 0 N–H and O–H groups in total. The Morgan fingerprint density at radius 2 is 0.613 bits per heavy atom. The van der Waals surface area contributed by atoms with E-state index in [1.54, 1.807) is 0 Å². The van der Waals surface area contributed by atoms with Crippen molar-refractivity contribution in [2.24, 2.45) is 0 Å². The fraction of sp³-hybridized carbons (Fsp3) is 0. The maximum Gasteiger partial charge on any atom is 0.160 e. The van der Waals surface area contributed by atoms with E-state index in [-0.39, 0.29) is 0 Å². The van der Waals surface area contributed by atoms with Crippen LogP contribution in [0.2, 0.25) is 0 Å². The van der Waals surface area contributed by atoms with Crippen LogP contribution < -0.4 is 0 Å². The molecule has 0 fully saturated rings. The Morgan fingerprint density at radius 3 is 1.19 bits per heavy atom. The number of benzene rings is 9. The van der Waals surface area contributed by atoms with Gasteiger partial charge in [-0.3, -0.25) is 0 Å². The molecule has 0 atom stereocenters. The molecular weight excluding hydrogens is 757 g/mol. The van der Waals surface area contributed by atoms with Gasteiger partial charge in [0.15, 0.2) is 5.82 Å². The third-order valence-electron chi connectivity index (χ3n) is 11.9. The molecule has 0 saturated carbocycles. The zero-order chi connectivity index (χ0) is 41.0. The minimum atomic E-state index is 0.644. The number of rotatable bonds is 7. The quantitative estimate of drug-likeness (QED) is 0.161. The molecule has 0 bridgehead atoms. The molecule has 0 saturated heterocycles. The third-order valence-corrected chi connectivity index (χ3v) is 11.9. The Hall–Kier alpha value is -8.34. The molecule has 0 unspecified atom stereocenters. The first-order valence-electron chi connectivity index (χ1n) is 20.9. The van der Waals surface area contributed by atoms with Gasteiger partial charge in [0.05, 0.1) is 11.4 Å². The van der Waals surface area contributed by atoms with E-state index in [0.717, 1.165) is 105 Å². The van der Waals surface area contributed by atoms with Gasteiger partial charge >= 0.3 is 0 Å². The zero-order valence-electron chi connectivity index (χ0n) is 33.5. The largest absolute Gasteiger partial charge is 0.456 e. The minimum absolute atomic E-state index is 0.644. The van der Waals surface area contributed by atoms with Gasteiger partial charge in [-0.2, -0.15) is 0 Å². The molecule has 0 radical (unpaired) electrons. The molecule has 0 aliphatic rings. The van der Waals surface area contributed by atoms with Crippen LogP contribution in [0.1, 0.15) is 0 Å². The van der Waals surface area contributed by atoms with E-state index in [0.29, 0.717) is 5.82 Å². The molecule has 3 aromatic heterocycles. The zero-order valence-corrected chi connectivity index (χ0v) is 33.5. The summed E-state index contributed by atoms with van der Waals surface area (Å²) < 4.78 is 12.5. The van der Waals surface area contributed by atoms with Crippen molar-refractivity contribution in [1.82, 2.24) is 9.97 Å². The van der Waals surface area contributed by atoms with E-state index in [1.807, 2.05) is 30.3 Å². The fourth-order valence-electron chi connectivity index (χ4n) is 8.75. The van der Waals surface area contributed by atoms with Gasteiger partial charge in [-0.15, -0.1) is 0 Å². The summed E-state index contributed by atoms with van der Waals surface area (Å²) >= 11 is 0. The van der Waals surface area contributed by atoms with Crippen LogP contribution in [0.3, 0.4) is 0 Å². The van der Waals surface area contributed by atoms with Gasteiger partial charge in [0.2, 0.25) is 0 Å². The van der Waals surface area contributed by atoms with Gasteiger partial charge in [0, 0.05) is 38.2 Å². The summed E-state index contributed by atoms with van der Waals surface area (Å²) in [7, 11) is 0. The highest BCUT2D eigenvalue weighted by Gasteiger charge is 2.17. The number of hydrogen-bond acceptors (Lipinski definition) is 4. The highest BCUT2D eigenvalue weighted by Crippen LogP contribution is 2.39. The van der Waals surface area contributed by atoms with Crippen molar-refractivity contribution in [3.63, 3.8) is 0 Å². The van der Waals surface area contributed by atoms with E-state index < -0.39 is 0 Å². The molecule has 3 heterocycles. The van der Waals surface area contributed by atoms with Crippen molar-refractivity contribution in [2.45, 2.75) is 0 Å². The van der Waals surface area contributed by atoms with E-state index >= 15 is 0 Å². The molecule has 0 amide bonds. The standard InChI is InChI=1S/C58H36N2O2/c1-3-13-37(14-4-1)39-17-11-18-40(29-39)41-19-12-20-44(30-41)53-36-52(38-15-5-2-6-16-38)59-58(60-53)47-32-45(42-25-27-56-50(34-42)48-21-7-9-23-54(48)61-56)31-46(33-47)43-26-28-57-51(35-43)49-22-8-10-24-55(49)62-57/h1-36H. The number of furan rings is 2. The number of aromatic nitrogens is 2. The number of para-hydroxylation sites is 2. The van der Waals surface area contributed by atoms with Crippen molar-refractivity contribution in [2.75, 3.05) is 0 Å². The normalized spacial score (nSPS) is 11.5. The van der Waals surface area contributed by atoms with E-state index in [4.69, 9.17) is 18.8 Å². The van der Waals surface area contributed by atoms with Crippen LogP contribution in [-0.4, -0.2) is 9.97 Å². The van der Waals surface area contributed by atoms with Crippen molar-refractivity contribution < 1.29 is 8.83 Å². The maximum absolute atomic E-state index is 6.24. The van der Waals surface area contributed by atoms with Crippen molar-refractivity contribution in [1.29, 1.82) is 0 Å². The summed E-state index contributed by atoms with van der Waals surface area (Å²) in [5.74, 6) is 0.644. The molecule has 0 aliphatic heterocycles. The number of nitrogens with zero attached hydrogens (tertiary/aromatic N) is 2. The molecule has 290 valence electrons. The number of fused-ring (bicyclic) bond motifs is 6. The Balaban J connectivity index is 1.04. The summed E-state index contributed by atoms with van der Waals surface area (Å²) in [6.45, 7) is 0. The third kappa shape index (κ3) is 6.42. The summed E-state index contributed by atoms with van der Waals surface area (Å²) in [6.07, 6.45) is 0. The summed E-state index contributed by atoms with van der Waals surface area (Å²) in [6, 6.07) is 76.5. The average molecular weight is 793 g/mol. The lowest BCUT2D eigenvalue weighted by atomic mass is 9.94. The predicted molar refractivity (Wildman–Crippen MR) is 255 cm³/mol. The molecular formula is C58H36N2O2. The predicted octanol–water partition coefficient (Wildman–Crippen LogP) is 15.9. The van der Waals surface area contributed by atoms with Gasteiger partial charge < -0.3 is 8.83 Å². The van der Waals surface area contributed by atoms with Gasteiger partial charge in [0.25, 0.3) is 0 Å². The molecule has 0 aliphatic carbocycles.